The second-order valence-electron chi connectivity index (χ2n) is 6.59. The maximum absolute atomic E-state index is 12.8. The van der Waals surface area contributed by atoms with Crippen molar-refractivity contribution in [2.45, 2.75) is 13.8 Å². The summed E-state index contributed by atoms with van der Waals surface area (Å²) in [5.41, 5.74) is 5.37. The van der Waals surface area contributed by atoms with Gasteiger partial charge in [-0.05, 0) is 55.3 Å². The van der Waals surface area contributed by atoms with Gasteiger partial charge in [0.25, 0.3) is 5.91 Å². The Labute approximate surface area is 162 Å². The fourth-order valence-electron chi connectivity index (χ4n) is 3.17. The van der Waals surface area contributed by atoms with E-state index in [1.165, 1.54) is 0 Å². The highest BCUT2D eigenvalue weighted by molar-refractivity contribution is 6.07. The summed E-state index contributed by atoms with van der Waals surface area (Å²) in [6.07, 6.45) is 0. The van der Waals surface area contributed by atoms with E-state index in [2.05, 4.69) is 15.5 Å². The minimum Gasteiger partial charge on any atom is -0.496 e. The number of benzene rings is 3. The average molecular weight is 372 g/mol. The Balaban J connectivity index is 1.69. The van der Waals surface area contributed by atoms with Gasteiger partial charge in [0.15, 0.2) is 0 Å². The quantitative estimate of drug-likeness (QED) is 0.580. The Morgan fingerprint density at radius 3 is 2.36 bits per heavy atom. The molecule has 4 rings (SSSR count). The van der Waals surface area contributed by atoms with Crippen LogP contribution in [0.3, 0.4) is 0 Å². The first-order valence-corrected chi connectivity index (χ1v) is 8.95. The summed E-state index contributed by atoms with van der Waals surface area (Å²) in [5, 5.41) is 12.0. The van der Waals surface area contributed by atoms with Crippen molar-refractivity contribution in [2.75, 3.05) is 12.4 Å². The molecule has 140 valence electrons. The van der Waals surface area contributed by atoms with Gasteiger partial charge in [0.2, 0.25) is 0 Å². The van der Waals surface area contributed by atoms with Crippen LogP contribution in [0.25, 0.3) is 16.7 Å². The number of hydrogen-bond donors (Lipinski definition) is 1. The Morgan fingerprint density at radius 2 is 1.64 bits per heavy atom. The van der Waals surface area contributed by atoms with Crippen molar-refractivity contribution in [1.82, 2.24) is 15.0 Å². The van der Waals surface area contributed by atoms with Gasteiger partial charge in [-0.15, -0.1) is 10.2 Å². The maximum atomic E-state index is 12.8. The van der Waals surface area contributed by atoms with E-state index >= 15 is 0 Å². The number of ether oxygens (including phenoxy) is 1. The summed E-state index contributed by atoms with van der Waals surface area (Å²) in [5.74, 6) is 0.354. The standard InChI is InChI=1S/C22H20N4O2/c1-14-8-7-11-17(21(14)28-3)22(27)23-18-13-20-19(12-15(18)2)24-26(25-20)16-9-5-4-6-10-16/h4-13H,1-3H3,(H,23,27). The number of aryl methyl sites for hydroxylation is 2. The Bertz CT molecular complexity index is 1170. The molecular formula is C22H20N4O2. The number of fused-ring (bicyclic) bond motifs is 1. The maximum Gasteiger partial charge on any atom is 0.259 e. The zero-order valence-electron chi connectivity index (χ0n) is 15.9. The predicted octanol–water partition coefficient (Wildman–Crippen LogP) is 4.30. The third-order valence-corrected chi connectivity index (χ3v) is 4.62. The molecule has 28 heavy (non-hydrogen) atoms. The number of carbonyl (C=O) groups is 1. The first kappa shape index (κ1) is 17.7. The van der Waals surface area contributed by atoms with Crippen LogP contribution in [0.2, 0.25) is 0 Å². The molecule has 0 atom stereocenters. The second-order valence-corrected chi connectivity index (χ2v) is 6.59. The van der Waals surface area contributed by atoms with Gasteiger partial charge in [0, 0.05) is 5.69 Å². The third-order valence-electron chi connectivity index (χ3n) is 4.62. The van der Waals surface area contributed by atoms with E-state index in [0.717, 1.165) is 22.3 Å². The highest BCUT2D eigenvalue weighted by atomic mass is 16.5. The van der Waals surface area contributed by atoms with Gasteiger partial charge < -0.3 is 10.1 Å². The van der Waals surface area contributed by atoms with Crippen LogP contribution < -0.4 is 10.1 Å². The minimum atomic E-state index is -0.224. The number of anilines is 1. The van der Waals surface area contributed by atoms with E-state index in [1.54, 1.807) is 18.0 Å². The average Bonchev–Trinajstić information content (AvgIpc) is 3.11. The molecule has 0 unspecified atom stereocenters. The summed E-state index contributed by atoms with van der Waals surface area (Å²) in [6.45, 7) is 3.85. The smallest absolute Gasteiger partial charge is 0.259 e. The van der Waals surface area contributed by atoms with Gasteiger partial charge >= 0.3 is 0 Å². The molecule has 0 spiro atoms. The van der Waals surface area contributed by atoms with Crippen molar-refractivity contribution in [1.29, 1.82) is 0 Å². The van der Waals surface area contributed by atoms with Gasteiger partial charge in [-0.2, -0.15) is 4.80 Å². The number of para-hydroxylation sites is 2. The van der Waals surface area contributed by atoms with Crippen molar-refractivity contribution in [2.24, 2.45) is 0 Å². The van der Waals surface area contributed by atoms with Crippen molar-refractivity contribution < 1.29 is 9.53 Å². The van der Waals surface area contributed by atoms with Crippen LogP contribution in [0.1, 0.15) is 21.5 Å². The van der Waals surface area contributed by atoms with E-state index in [-0.39, 0.29) is 5.91 Å². The molecule has 0 saturated heterocycles. The molecule has 1 aromatic heterocycles. The van der Waals surface area contributed by atoms with Gasteiger partial charge in [-0.1, -0.05) is 30.3 Å². The lowest BCUT2D eigenvalue weighted by Gasteiger charge is -2.12. The summed E-state index contributed by atoms with van der Waals surface area (Å²) in [6, 6.07) is 19.0. The fourth-order valence-corrected chi connectivity index (χ4v) is 3.17. The molecule has 0 aliphatic carbocycles. The van der Waals surface area contributed by atoms with Crippen molar-refractivity contribution in [3.63, 3.8) is 0 Å². The highest BCUT2D eigenvalue weighted by Crippen LogP contribution is 2.26. The van der Waals surface area contributed by atoms with Crippen molar-refractivity contribution in [3.8, 4) is 11.4 Å². The normalized spacial score (nSPS) is 10.8. The number of carbonyl (C=O) groups excluding carboxylic acids is 1. The number of nitrogens with zero attached hydrogens (tertiary/aromatic N) is 3. The van der Waals surface area contributed by atoms with Gasteiger partial charge in [0.05, 0.1) is 18.4 Å². The number of amides is 1. The molecule has 6 heteroatoms. The molecule has 1 amide bonds. The zero-order valence-corrected chi connectivity index (χ0v) is 15.9. The Morgan fingerprint density at radius 1 is 0.929 bits per heavy atom. The topological polar surface area (TPSA) is 69.0 Å². The van der Waals surface area contributed by atoms with E-state index in [4.69, 9.17) is 4.74 Å². The largest absolute Gasteiger partial charge is 0.496 e. The molecule has 1 N–H and O–H groups in total. The second kappa shape index (κ2) is 7.15. The number of methoxy groups -OCH3 is 1. The molecule has 0 aliphatic heterocycles. The van der Waals surface area contributed by atoms with Crippen LogP contribution in [0.15, 0.2) is 60.7 Å². The first-order valence-electron chi connectivity index (χ1n) is 8.95. The van der Waals surface area contributed by atoms with Gasteiger partial charge in [-0.25, -0.2) is 0 Å². The molecule has 0 bridgehead atoms. The lowest BCUT2D eigenvalue weighted by molar-refractivity contribution is 0.102. The Kier molecular flexibility index (Phi) is 4.53. The summed E-state index contributed by atoms with van der Waals surface area (Å²) >= 11 is 0. The fraction of sp³-hybridized carbons (Fsp3) is 0.136. The summed E-state index contributed by atoms with van der Waals surface area (Å²) in [4.78, 5) is 14.4. The lowest BCUT2D eigenvalue weighted by Crippen LogP contribution is -2.14. The van der Waals surface area contributed by atoms with E-state index in [0.29, 0.717) is 22.5 Å². The third kappa shape index (κ3) is 3.20. The van der Waals surface area contributed by atoms with E-state index < -0.39 is 0 Å². The number of nitrogens with one attached hydrogen (secondary N) is 1. The highest BCUT2D eigenvalue weighted by Gasteiger charge is 2.16. The molecular weight excluding hydrogens is 352 g/mol. The number of aromatic nitrogens is 3. The molecule has 0 radical (unpaired) electrons. The molecule has 0 fully saturated rings. The molecule has 1 heterocycles. The van der Waals surface area contributed by atoms with Crippen LogP contribution in [0.4, 0.5) is 5.69 Å². The van der Waals surface area contributed by atoms with Crippen LogP contribution >= 0.6 is 0 Å². The number of hydrogen-bond acceptors (Lipinski definition) is 4. The van der Waals surface area contributed by atoms with Crippen LogP contribution in [0.5, 0.6) is 5.75 Å². The van der Waals surface area contributed by atoms with E-state index in [9.17, 15) is 4.79 Å². The molecule has 3 aromatic carbocycles. The SMILES string of the molecule is COc1c(C)cccc1C(=O)Nc1cc2nn(-c3ccccc3)nc2cc1C. The lowest BCUT2D eigenvalue weighted by atomic mass is 10.1. The molecule has 4 aromatic rings. The first-order chi connectivity index (χ1) is 13.6. The minimum absolute atomic E-state index is 0.224. The molecule has 0 saturated carbocycles. The summed E-state index contributed by atoms with van der Waals surface area (Å²) in [7, 11) is 1.57. The van der Waals surface area contributed by atoms with E-state index in [1.807, 2.05) is 68.4 Å². The number of rotatable bonds is 4. The monoisotopic (exact) mass is 372 g/mol. The van der Waals surface area contributed by atoms with Crippen molar-refractivity contribution >= 4 is 22.6 Å². The van der Waals surface area contributed by atoms with Crippen LogP contribution in [-0.4, -0.2) is 28.0 Å². The molecule has 6 nitrogen and oxygen atoms in total. The predicted molar refractivity (Wildman–Crippen MR) is 109 cm³/mol. The van der Waals surface area contributed by atoms with Crippen molar-refractivity contribution in [3.05, 3.63) is 77.4 Å². The van der Waals surface area contributed by atoms with Crippen LogP contribution in [-0.2, 0) is 0 Å². The Hall–Kier alpha value is -3.67. The zero-order chi connectivity index (χ0) is 19.7. The van der Waals surface area contributed by atoms with Crippen LogP contribution in [0, 0.1) is 13.8 Å². The molecule has 0 aliphatic rings. The van der Waals surface area contributed by atoms with Gasteiger partial charge in [-0.3, -0.25) is 4.79 Å². The van der Waals surface area contributed by atoms with Gasteiger partial charge in [0.1, 0.15) is 16.8 Å². The summed E-state index contributed by atoms with van der Waals surface area (Å²) < 4.78 is 5.40.